The predicted molar refractivity (Wildman–Crippen MR) is 253 cm³/mol. The number of hydrogen-bond donors (Lipinski definition) is 9. The summed E-state index contributed by atoms with van der Waals surface area (Å²) in [7, 11) is 10.2. The third-order valence-corrected chi connectivity index (χ3v) is 14.3. The summed E-state index contributed by atoms with van der Waals surface area (Å²) in [6, 6.07) is 9.01. The lowest BCUT2D eigenvalue weighted by Gasteiger charge is -2.50. The van der Waals surface area contributed by atoms with Crippen LogP contribution in [0.4, 0.5) is 4.79 Å². The first kappa shape index (κ1) is 63.7. The second kappa shape index (κ2) is 30.0. The monoisotopic (exact) mass is 1130 g/mol. The van der Waals surface area contributed by atoms with Gasteiger partial charge in [-0.3, -0.25) is 0 Å². The van der Waals surface area contributed by atoms with Crippen LogP contribution < -0.4 is 5.32 Å². The van der Waals surface area contributed by atoms with Gasteiger partial charge in [0.05, 0.1) is 25.9 Å². The van der Waals surface area contributed by atoms with E-state index >= 15 is 0 Å². The quantitative estimate of drug-likeness (QED) is 0.0425. The maximum Gasteiger partial charge on any atom is 0.407 e. The zero-order valence-corrected chi connectivity index (χ0v) is 44.2. The average molecular weight is 1130 g/mol. The fraction of sp³-hybridized carbons (Fsp3) is 0.812. The molecular formula is C48H75NO29. The van der Waals surface area contributed by atoms with Crippen LogP contribution in [0.5, 0.6) is 0 Å². The molecule has 0 aromatic heterocycles. The number of rotatable bonds is 26. The second-order valence-electron chi connectivity index (χ2n) is 18.6. The highest BCUT2D eigenvalue weighted by molar-refractivity contribution is 5.74. The van der Waals surface area contributed by atoms with Crippen LogP contribution in [0.15, 0.2) is 30.3 Å². The van der Waals surface area contributed by atoms with Crippen LogP contribution in [-0.4, -0.2) is 295 Å². The van der Waals surface area contributed by atoms with Crippen molar-refractivity contribution in [2.24, 2.45) is 0 Å². The number of hydrogen-bond acceptors (Lipinski definition) is 27. The molecule has 5 fully saturated rings. The van der Waals surface area contributed by atoms with Gasteiger partial charge in [0.25, 0.3) is 0 Å². The Morgan fingerprint density at radius 2 is 0.846 bits per heavy atom. The number of carbonyl (C=O) groups excluding carboxylic acids is 1. The summed E-state index contributed by atoms with van der Waals surface area (Å²) >= 11 is 0. The molecule has 5 heterocycles. The number of methoxy groups -OCH3 is 8. The summed E-state index contributed by atoms with van der Waals surface area (Å²) in [6.45, 7) is -2.16. The maximum atomic E-state index is 13.0. The molecule has 5 aliphatic rings. The Morgan fingerprint density at radius 1 is 0.449 bits per heavy atom. The minimum Gasteiger partial charge on any atom is -0.479 e. The molecule has 1 amide bonds. The maximum absolute atomic E-state index is 13.0. The highest BCUT2D eigenvalue weighted by atomic mass is 16.8. The van der Waals surface area contributed by atoms with E-state index in [4.69, 9.17) is 85.3 Å². The van der Waals surface area contributed by atoms with Gasteiger partial charge in [-0.15, -0.1) is 0 Å². The summed E-state index contributed by atoms with van der Waals surface area (Å²) in [4.78, 5) is 38.3. The average Bonchev–Trinajstić information content (AvgIpc) is 3.50. The summed E-state index contributed by atoms with van der Waals surface area (Å²) in [5.41, 5.74) is 0.776. The summed E-state index contributed by atoms with van der Waals surface area (Å²) < 4.78 is 105. The molecule has 30 heteroatoms. The number of ether oxygens (including phenoxy) is 18. The van der Waals surface area contributed by atoms with Gasteiger partial charge in [-0.25, -0.2) is 14.4 Å². The van der Waals surface area contributed by atoms with E-state index in [2.05, 4.69) is 5.32 Å². The Kier molecular flexibility index (Phi) is 24.5. The topological polar surface area (TPSA) is 391 Å². The third kappa shape index (κ3) is 14.2. The smallest absolute Gasteiger partial charge is 0.407 e. The van der Waals surface area contributed by atoms with Crippen LogP contribution in [0.25, 0.3) is 0 Å². The van der Waals surface area contributed by atoms with Gasteiger partial charge in [-0.05, 0) is 12.0 Å². The number of aliphatic hydroxyl groups is 6. The lowest BCUT2D eigenvalue weighted by Crippen LogP contribution is -2.69. The van der Waals surface area contributed by atoms with E-state index in [1.165, 1.54) is 56.9 Å². The molecule has 446 valence electrons. The van der Waals surface area contributed by atoms with Gasteiger partial charge >= 0.3 is 18.0 Å². The number of aliphatic carboxylic acids is 2. The predicted octanol–water partition coefficient (Wildman–Crippen LogP) is -4.14. The normalized spacial score (nSPS) is 41.2. The number of benzene rings is 1. The lowest BCUT2D eigenvalue weighted by molar-refractivity contribution is -0.390. The fourth-order valence-electron chi connectivity index (χ4n) is 10.4. The molecule has 6 rings (SSSR count). The van der Waals surface area contributed by atoms with E-state index in [0.717, 1.165) is 5.56 Å². The van der Waals surface area contributed by atoms with Crippen molar-refractivity contribution in [2.75, 3.05) is 83.2 Å². The fourth-order valence-corrected chi connectivity index (χ4v) is 10.4. The van der Waals surface area contributed by atoms with Crippen molar-refractivity contribution in [3.8, 4) is 0 Å². The van der Waals surface area contributed by atoms with Gasteiger partial charge in [0, 0.05) is 63.4 Å². The number of alkyl carbamates (subject to hydrolysis) is 1. The Bertz CT molecular complexity index is 1980. The Hall–Kier alpha value is -3.49. The molecule has 0 aliphatic carbocycles. The molecule has 9 N–H and O–H groups in total. The Morgan fingerprint density at radius 3 is 1.31 bits per heavy atom. The number of aliphatic hydroxyl groups excluding tert-OH is 6. The van der Waals surface area contributed by atoms with Gasteiger partial charge in [0.2, 0.25) is 0 Å². The van der Waals surface area contributed by atoms with E-state index in [9.17, 15) is 55.2 Å². The van der Waals surface area contributed by atoms with E-state index in [1.54, 1.807) is 24.3 Å². The summed E-state index contributed by atoms with van der Waals surface area (Å²) in [5, 5.41) is 89.7. The first-order chi connectivity index (χ1) is 37.5. The first-order valence-electron chi connectivity index (χ1n) is 24.9. The molecule has 0 unspecified atom stereocenters. The molecule has 30 nitrogen and oxygen atoms in total. The van der Waals surface area contributed by atoms with Crippen molar-refractivity contribution in [3.05, 3.63) is 35.9 Å². The van der Waals surface area contributed by atoms with Crippen LogP contribution in [0, 0.1) is 0 Å². The molecule has 5 aliphatic heterocycles. The lowest BCUT2D eigenvalue weighted by atomic mass is 9.92. The van der Waals surface area contributed by atoms with Crippen LogP contribution >= 0.6 is 0 Å². The Labute approximate surface area is 448 Å². The second-order valence-corrected chi connectivity index (χ2v) is 18.6. The summed E-state index contributed by atoms with van der Waals surface area (Å²) in [6.07, 6.45) is -37.9. The van der Waals surface area contributed by atoms with Crippen molar-refractivity contribution < 1.29 is 140 Å². The largest absolute Gasteiger partial charge is 0.479 e. The van der Waals surface area contributed by atoms with E-state index in [-0.39, 0.29) is 19.6 Å². The molecule has 78 heavy (non-hydrogen) atoms. The number of amides is 1. The molecule has 25 atom stereocenters. The van der Waals surface area contributed by atoms with Gasteiger partial charge in [-0.1, -0.05) is 30.3 Å². The molecule has 5 saturated heterocycles. The zero-order chi connectivity index (χ0) is 57.0. The SMILES string of the molecule is CO[C@@H]1[C@@H](OC)[C@H](O[C@H]2[C@H](O)[C@@H](O)[C@@H](O[C@H]3[C@H](OC)[C@@H](OC)[C@H](O[C@H]4[C@H](O)[C@@H](OC)[C@@H](CCNC(=O)OCc5ccccc5)O[C@@H]4CO)O[C@H]3C(=O)O)O[C@@H]2CO)O[C@H](C(=O)O)[C@H]1O[C@H]1O[C@H](CO)[C@@H](OC)[C@H](OC)[C@H]1OC. The molecule has 0 radical (unpaired) electrons. The van der Waals surface area contributed by atoms with Crippen molar-refractivity contribution >= 4 is 18.0 Å². The van der Waals surface area contributed by atoms with Crippen molar-refractivity contribution in [1.29, 1.82) is 0 Å². The van der Waals surface area contributed by atoms with Crippen LogP contribution in [0.1, 0.15) is 12.0 Å². The zero-order valence-electron chi connectivity index (χ0n) is 44.2. The molecule has 1 aromatic rings. The molecule has 0 bridgehead atoms. The van der Waals surface area contributed by atoms with Gasteiger partial charge < -0.3 is 131 Å². The molecule has 0 saturated carbocycles. The molecule has 0 spiro atoms. The third-order valence-electron chi connectivity index (χ3n) is 14.3. The minimum absolute atomic E-state index is 0.0163. The Balaban J connectivity index is 1.13. The molecule has 1 aromatic carbocycles. The standard InChI is InChI=1S/C48H75NO29/c1-61-28-21(14-15-49-48(60)69-19-20-12-10-9-11-13-20)70-22(16-50)30(27(28)55)74-47-40(67-7)33(64-4)35(37(77-47)42(56)57)75-44-26(54)25(53)29(23(17-51)71-44)73-46-41(68-8)34(65-5)36(38(78-46)43(58)59)76-45-39(66-6)32(63-3)31(62-2)24(18-52)72-45/h9-13,21-41,44-47,50-55H,14-19H2,1-8H3,(H,49,60)(H,56,57)(H,58,59)/t21-,22-,23-,24-,25-,26-,27-,28+,29-,30-,31-,32+,33+,34+,35+,36+,37-,38+,39-,40-,41-,44-,45-,46-,47-/m1/s1. The highest BCUT2D eigenvalue weighted by Gasteiger charge is 2.59. The van der Waals surface area contributed by atoms with Gasteiger partial charge in [0.15, 0.2) is 37.4 Å². The van der Waals surface area contributed by atoms with Crippen molar-refractivity contribution in [2.45, 2.75) is 166 Å². The van der Waals surface area contributed by atoms with Crippen LogP contribution in [-0.2, 0) is 101 Å². The van der Waals surface area contributed by atoms with E-state index in [0.29, 0.717) is 0 Å². The van der Waals surface area contributed by atoms with Crippen molar-refractivity contribution in [3.63, 3.8) is 0 Å². The van der Waals surface area contributed by atoms with Crippen LogP contribution in [0.3, 0.4) is 0 Å². The number of carboxylic acid groups (broad SMARTS) is 2. The van der Waals surface area contributed by atoms with Gasteiger partial charge in [0.1, 0.15) is 116 Å². The van der Waals surface area contributed by atoms with Gasteiger partial charge in [-0.2, -0.15) is 0 Å². The molecular weight excluding hydrogens is 1050 g/mol. The van der Waals surface area contributed by atoms with Crippen LogP contribution in [0.2, 0.25) is 0 Å². The van der Waals surface area contributed by atoms with E-state index in [1.807, 2.05) is 6.07 Å². The number of carboxylic acids is 2. The number of carbonyl (C=O) groups is 3. The number of nitrogens with one attached hydrogen (secondary N) is 1. The van der Waals surface area contributed by atoms with E-state index < -0.39 is 191 Å². The first-order valence-corrected chi connectivity index (χ1v) is 24.9. The van der Waals surface area contributed by atoms with Crippen molar-refractivity contribution in [1.82, 2.24) is 5.32 Å². The summed E-state index contributed by atoms with van der Waals surface area (Å²) in [5.74, 6) is -3.23. The minimum atomic E-state index is -2.11. The highest BCUT2D eigenvalue weighted by Crippen LogP contribution is 2.39.